The number of hydrogen-bond acceptors (Lipinski definition) is 4. The molecule has 1 aromatic heterocycles. The molecule has 0 bridgehead atoms. The number of nitrogens with zero attached hydrogens (tertiary/aromatic N) is 1. The molecule has 0 radical (unpaired) electrons. The number of aromatic nitrogens is 1. The van der Waals surface area contributed by atoms with E-state index in [-0.39, 0.29) is 5.97 Å². The molecule has 70 valence electrons. The normalized spacial score (nSPS) is 11.4. The zero-order valence-electron chi connectivity index (χ0n) is 7.61. The first-order valence-electron chi connectivity index (χ1n) is 3.99. The maximum absolute atomic E-state index is 11.0. The predicted octanol–water partition coefficient (Wildman–Crippen LogP) is 2.11. The predicted molar refractivity (Wildman–Crippen MR) is 52.4 cm³/mol. The van der Waals surface area contributed by atoms with Crippen LogP contribution in [0.15, 0.2) is 17.7 Å². The third kappa shape index (κ3) is 2.99. The minimum Gasteiger partial charge on any atom is -0.463 e. The van der Waals surface area contributed by atoms with E-state index in [4.69, 9.17) is 4.74 Å². The van der Waals surface area contributed by atoms with Crippen molar-refractivity contribution in [3.05, 3.63) is 22.7 Å². The second-order valence-electron chi connectivity index (χ2n) is 2.42. The second kappa shape index (κ2) is 4.77. The largest absolute Gasteiger partial charge is 0.463 e. The van der Waals surface area contributed by atoms with Crippen LogP contribution in [0, 0.1) is 0 Å². The van der Waals surface area contributed by atoms with Crippen LogP contribution >= 0.6 is 11.3 Å². The monoisotopic (exact) mass is 197 g/mol. The number of thiazole rings is 1. The minimum absolute atomic E-state index is 0.310. The van der Waals surface area contributed by atoms with E-state index in [9.17, 15) is 4.79 Å². The molecule has 1 rings (SSSR count). The molecule has 0 fully saturated rings. The van der Waals surface area contributed by atoms with Gasteiger partial charge in [0.25, 0.3) is 0 Å². The molecule has 0 aliphatic heterocycles. The van der Waals surface area contributed by atoms with Crippen molar-refractivity contribution < 1.29 is 9.53 Å². The van der Waals surface area contributed by atoms with Crippen molar-refractivity contribution in [2.75, 3.05) is 6.61 Å². The molecule has 0 unspecified atom stereocenters. The van der Waals surface area contributed by atoms with Crippen molar-refractivity contribution in [3.8, 4) is 0 Å². The van der Waals surface area contributed by atoms with Gasteiger partial charge in [-0.15, -0.1) is 11.3 Å². The van der Waals surface area contributed by atoms with E-state index >= 15 is 0 Å². The summed E-state index contributed by atoms with van der Waals surface area (Å²) in [6.07, 6.45) is 3.17. The Morgan fingerprint density at radius 3 is 3.08 bits per heavy atom. The lowest BCUT2D eigenvalue weighted by atomic mass is 10.3. The fraction of sp³-hybridized carbons (Fsp3) is 0.333. The van der Waals surface area contributed by atoms with Gasteiger partial charge in [0.2, 0.25) is 0 Å². The average Bonchev–Trinajstić information content (AvgIpc) is 2.55. The molecule has 1 heterocycles. The first-order valence-corrected chi connectivity index (χ1v) is 4.87. The van der Waals surface area contributed by atoms with Gasteiger partial charge in [0, 0.05) is 17.7 Å². The molecule has 0 saturated heterocycles. The summed E-state index contributed by atoms with van der Waals surface area (Å²) in [5.74, 6) is -0.310. The smallest absolute Gasteiger partial charge is 0.331 e. The van der Waals surface area contributed by atoms with Crippen LogP contribution in [0.2, 0.25) is 0 Å². The van der Waals surface area contributed by atoms with Crippen molar-refractivity contribution in [2.24, 2.45) is 0 Å². The van der Waals surface area contributed by atoms with Crippen LogP contribution in [0.25, 0.3) is 5.57 Å². The maximum atomic E-state index is 11.0. The van der Waals surface area contributed by atoms with Crippen LogP contribution in [-0.4, -0.2) is 17.6 Å². The van der Waals surface area contributed by atoms with E-state index in [1.54, 1.807) is 13.1 Å². The number of allylic oxidation sites excluding steroid dienone is 1. The number of rotatable bonds is 3. The number of esters is 1. The fourth-order valence-electron chi connectivity index (χ4n) is 0.841. The molecule has 1 aromatic rings. The summed E-state index contributed by atoms with van der Waals surface area (Å²) in [5.41, 5.74) is 0.841. The summed E-state index contributed by atoms with van der Waals surface area (Å²) in [7, 11) is 0. The van der Waals surface area contributed by atoms with E-state index in [0.29, 0.717) is 6.61 Å². The van der Waals surface area contributed by atoms with Crippen LogP contribution in [0.3, 0.4) is 0 Å². The first kappa shape index (κ1) is 9.92. The Labute approximate surface area is 81.1 Å². The molecule has 0 N–H and O–H groups in total. The van der Waals surface area contributed by atoms with Gasteiger partial charge in [0.1, 0.15) is 5.01 Å². The summed E-state index contributed by atoms with van der Waals surface area (Å²) in [6, 6.07) is 0. The quantitative estimate of drug-likeness (QED) is 0.550. The van der Waals surface area contributed by atoms with Crippen molar-refractivity contribution >= 4 is 22.9 Å². The SMILES string of the molecule is CCOC(=O)C=C(C)c1nccs1. The summed E-state index contributed by atoms with van der Waals surface area (Å²) >= 11 is 1.50. The zero-order valence-corrected chi connectivity index (χ0v) is 8.43. The molecular formula is C9H11NO2S. The van der Waals surface area contributed by atoms with Crippen LogP contribution in [-0.2, 0) is 9.53 Å². The lowest BCUT2D eigenvalue weighted by molar-refractivity contribution is -0.137. The minimum atomic E-state index is -0.310. The topological polar surface area (TPSA) is 39.2 Å². The molecule has 0 saturated carbocycles. The average molecular weight is 197 g/mol. The highest BCUT2D eigenvalue weighted by atomic mass is 32.1. The van der Waals surface area contributed by atoms with Gasteiger partial charge in [-0.3, -0.25) is 0 Å². The molecular weight excluding hydrogens is 186 g/mol. The lowest BCUT2D eigenvalue weighted by Crippen LogP contribution is -1.99. The Bertz CT molecular complexity index is 303. The molecule has 4 heteroatoms. The van der Waals surface area contributed by atoms with Gasteiger partial charge in [-0.25, -0.2) is 9.78 Å². The molecule has 13 heavy (non-hydrogen) atoms. The summed E-state index contributed by atoms with van der Waals surface area (Å²) in [6.45, 7) is 4.03. The Morgan fingerprint density at radius 2 is 2.54 bits per heavy atom. The van der Waals surface area contributed by atoms with Crippen molar-refractivity contribution in [1.29, 1.82) is 0 Å². The summed E-state index contributed by atoms with van der Waals surface area (Å²) in [5, 5.41) is 2.73. The number of carbonyl (C=O) groups is 1. The number of ether oxygens (including phenoxy) is 1. The van der Waals surface area contributed by atoms with Gasteiger partial charge in [-0.1, -0.05) is 0 Å². The molecule has 0 aliphatic rings. The van der Waals surface area contributed by atoms with E-state index in [0.717, 1.165) is 10.6 Å². The maximum Gasteiger partial charge on any atom is 0.331 e. The third-order valence-corrected chi connectivity index (χ3v) is 2.30. The molecule has 0 aliphatic carbocycles. The number of hydrogen-bond donors (Lipinski definition) is 0. The molecule has 0 spiro atoms. The van der Waals surface area contributed by atoms with Gasteiger partial charge in [0.05, 0.1) is 6.61 Å². The van der Waals surface area contributed by atoms with E-state index in [1.807, 2.05) is 12.3 Å². The van der Waals surface area contributed by atoms with Gasteiger partial charge < -0.3 is 4.74 Å². The highest BCUT2D eigenvalue weighted by Crippen LogP contribution is 2.15. The molecule has 0 aromatic carbocycles. The van der Waals surface area contributed by atoms with Crippen LogP contribution in [0.5, 0.6) is 0 Å². The molecule has 3 nitrogen and oxygen atoms in total. The lowest BCUT2D eigenvalue weighted by Gasteiger charge is -1.97. The third-order valence-electron chi connectivity index (χ3n) is 1.39. The van der Waals surface area contributed by atoms with Crippen molar-refractivity contribution in [2.45, 2.75) is 13.8 Å². The Kier molecular flexibility index (Phi) is 3.64. The van der Waals surface area contributed by atoms with E-state index in [2.05, 4.69) is 4.98 Å². The van der Waals surface area contributed by atoms with Crippen LogP contribution < -0.4 is 0 Å². The summed E-state index contributed by atoms with van der Waals surface area (Å²) in [4.78, 5) is 15.1. The Hall–Kier alpha value is -1.16. The van der Waals surface area contributed by atoms with Crippen LogP contribution in [0.4, 0.5) is 0 Å². The van der Waals surface area contributed by atoms with Gasteiger partial charge >= 0.3 is 5.97 Å². The Morgan fingerprint density at radius 1 is 1.77 bits per heavy atom. The zero-order chi connectivity index (χ0) is 9.68. The summed E-state index contributed by atoms with van der Waals surface area (Å²) < 4.78 is 4.77. The van der Waals surface area contributed by atoms with E-state index in [1.165, 1.54) is 17.4 Å². The Balaban J connectivity index is 2.67. The highest BCUT2D eigenvalue weighted by molar-refractivity contribution is 7.10. The van der Waals surface area contributed by atoms with Crippen LogP contribution in [0.1, 0.15) is 18.9 Å². The fourth-order valence-corrected chi connectivity index (χ4v) is 1.46. The second-order valence-corrected chi connectivity index (χ2v) is 3.31. The molecule has 0 amide bonds. The van der Waals surface area contributed by atoms with Gasteiger partial charge in [-0.2, -0.15) is 0 Å². The van der Waals surface area contributed by atoms with Gasteiger partial charge in [-0.05, 0) is 19.4 Å². The standard InChI is InChI=1S/C9H11NO2S/c1-3-12-8(11)6-7(2)9-10-4-5-13-9/h4-6H,3H2,1-2H3. The van der Waals surface area contributed by atoms with E-state index < -0.39 is 0 Å². The highest BCUT2D eigenvalue weighted by Gasteiger charge is 2.01. The van der Waals surface area contributed by atoms with Crippen molar-refractivity contribution in [3.63, 3.8) is 0 Å². The van der Waals surface area contributed by atoms with Crippen molar-refractivity contribution in [1.82, 2.24) is 4.98 Å². The molecule has 0 atom stereocenters. The first-order chi connectivity index (χ1) is 6.24. The number of carbonyl (C=O) groups excluding carboxylic acids is 1. The van der Waals surface area contributed by atoms with Gasteiger partial charge in [0.15, 0.2) is 0 Å².